The Morgan fingerprint density at radius 1 is 0.960 bits per heavy atom. The number of nitrogens with one attached hydrogen (secondary N) is 1. The average Bonchev–Trinajstić information content (AvgIpc) is 3.08. The Hall–Kier alpha value is -3.21. The lowest BCUT2D eigenvalue weighted by molar-refractivity contribution is 0.785. The Balaban J connectivity index is 1.61. The molecule has 0 aliphatic carbocycles. The van der Waals surface area contributed by atoms with Crippen LogP contribution in [0.2, 0.25) is 0 Å². The fourth-order valence-electron chi connectivity index (χ4n) is 2.97. The summed E-state index contributed by atoms with van der Waals surface area (Å²) in [5.41, 5.74) is 3.09. The van der Waals surface area contributed by atoms with E-state index in [1.807, 2.05) is 47.3 Å². The van der Waals surface area contributed by atoms with Crippen LogP contribution in [-0.4, -0.2) is 25.8 Å². The van der Waals surface area contributed by atoms with E-state index in [0.717, 1.165) is 29.0 Å². The quantitative estimate of drug-likeness (QED) is 0.604. The maximum absolute atomic E-state index is 4.49. The minimum Gasteiger partial charge on any atom is -0.367 e. The monoisotopic (exact) mass is 329 g/mol. The average molecular weight is 329 g/mol. The zero-order valence-corrected chi connectivity index (χ0v) is 14.0. The molecule has 0 amide bonds. The predicted molar refractivity (Wildman–Crippen MR) is 99.9 cm³/mol. The van der Waals surface area contributed by atoms with Crippen LogP contribution in [0.15, 0.2) is 73.2 Å². The van der Waals surface area contributed by atoms with Crippen LogP contribution < -0.4 is 5.32 Å². The first-order chi connectivity index (χ1) is 12.3. The molecule has 4 aromatic rings. The van der Waals surface area contributed by atoms with Crippen molar-refractivity contribution in [1.82, 2.24) is 19.7 Å². The van der Waals surface area contributed by atoms with Gasteiger partial charge in [0.25, 0.3) is 0 Å². The Kier molecular flexibility index (Phi) is 4.12. The first kappa shape index (κ1) is 15.3. The normalized spacial score (nSPS) is 12.2. The number of hydrogen-bond donors (Lipinski definition) is 1. The fraction of sp³-hybridized carbons (Fsp3) is 0.150. The molecule has 4 rings (SSSR count). The van der Waals surface area contributed by atoms with E-state index in [2.05, 4.69) is 51.6 Å². The lowest BCUT2D eigenvalue weighted by Crippen LogP contribution is -2.19. The van der Waals surface area contributed by atoms with Crippen molar-refractivity contribution in [2.45, 2.75) is 19.4 Å². The topological polar surface area (TPSA) is 55.6 Å². The molecule has 1 atom stereocenters. The van der Waals surface area contributed by atoms with E-state index >= 15 is 0 Å². The third kappa shape index (κ3) is 3.21. The highest BCUT2D eigenvalue weighted by atomic mass is 15.3. The van der Waals surface area contributed by atoms with Crippen LogP contribution in [0.3, 0.4) is 0 Å². The summed E-state index contributed by atoms with van der Waals surface area (Å²) in [5, 5.41) is 8.91. The SMILES string of the molecule is C[C@@H](Cc1ccccc1)Nc1ncnc2c1cnn2-c1ccccc1. The van der Waals surface area contributed by atoms with Gasteiger partial charge in [-0.2, -0.15) is 5.10 Å². The molecule has 1 N–H and O–H groups in total. The molecule has 0 spiro atoms. The standard InChI is InChI=1S/C20H19N5/c1-15(12-16-8-4-2-5-9-16)24-19-18-13-23-25(20(18)22-14-21-19)17-10-6-3-7-11-17/h2-11,13-15H,12H2,1H3,(H,21,22,24)/t15-/m0/s1. The molecule has 25 heavy (non-hydrogen) atoms. The lowest BCUT2D eigenvalue weighted by Gasteiger charge is -2.15. The number of rotatable bonds is 5. The van der Waals surface area contributed by atoms with Crippen molar-refractivity contribution in [3.8, 4) is 5.69 Å². The summed E-state index contributed by atoms with van der Waals surface area (Å²) < 4.78 is 1.84. The van der Waals surface area contributed by atoms with Crippen molar-refractivity contribution in [3.05, 3.63) is 78.8 Å². The highest BCUT2D eigenvalue weighted by molar-refractivity contribution is 5.87. The zero-order valence-electron chi connectivity index (χ0n) is 14.0. The molecule has 2 heterocycles. The van der Waals surface area contributed by atoms with Gasteiger partial charge >= 0.3 is 0 Å². The number of hydrogen-bond acceptors (Lipinski definition) is 4. The van der Waals surface area contributed by atoms with Crippen molar-refractivity contribution < 1.29 is 0 Å². The van der Waals surface area contributed by atoms with Gasteiger partial charge in [-0.1, -0.05) is 48.5 Å². The van der Waals surface area contributed by atoms with Gasteiger partial charge in [0, 0.05) is 6.04 Å². The lowest BCUT2D eigenvalue weighted by atomic mass is 10.1. The minimum absolute atomic E-state index is 0.251. The number of nitrogens with zero attached hydrogens (tertiary/aromatic N) is 4. The molecule has 0 aliphatic heterocycles. The van der Waals surface area contributed by atoms with Gasteiger partial charge in [-0.3, -0.25) is 0 Å². The third-order valence-electron chi connectivity index (χ3n) is 4.13. The second-order valence-corrected chi connectivity index (χ2v) is 6.09. The minimum atomic E-state index is 0.251. The number of benzene rings is 2. The van der Waals surface area contributed by atoms with Crippen LogP contribution in [0.1, 0.15) is 12.5 Å². The molecule has 0 aliphatic rings. The molecular formula is C20H19N5. The van der Waals surface area contributed by atoms with Crippen molar-refractivity contribution >= 4 is 16.9 Å². The smallest absolute Gasteiger partial charge is 0.168 e. The summed E-state index contributed by atoms with van der Waals surface area (Å²) in [7, 11) is 0. The van der Waals surface area contributed by atoms with Crippen LogP contribution in [0, 0.1) is 0 Å². The largest absolute Gasteiger partial charge is 0.367 e. The Bertz CT molecular complexity index is 963. The summed E-state index contributed by atoms with van der Waals surface area (Å²) in [5.74, 6) is 0.815. The van der Waals surface area contributed by atoms with Crippen LogP contribution in [0.25, 0.3) is 16.7 Å². The number of para-hydroxylation sites is 1. The van der Waals surface area contributed by atoms with Crippen LogP contribution in [0.5, 0.6) is 0 Å². The molecule has 124 valence electrons. The van der Waals surface area contributed by atoms with Crippen LogP contribution >= 0.6 is 0 Å². The molecule has 0 unspecified atom stereocenters. The summed E-state index contributed by atoms with van der Waals surface area (Å²) in [6.07, 6.45) is 4.33. The first-order valence-corrected chi connectivity index (χ1v) is 8.36. The van der Waals surface area contributed by atoms with E-state index in [9.17, 15) is 0 Å². The van der Waals surface area contributed by atoms with E-state index in [1.54, 1.807) is 6.33 Å². The first-order valence-electron chi connectivity index (χ1n) is 8.36. The van der Waals surface area contributed by atoms with Crippen molar-refractivity contribution in [2.24, 2.45) is 0 Å². The predicted octanol–water partition coefficient (Wildman–Crippen LogP) is 3.86. The maximum atomic E-state index is 4.49. The molecule has 5 nitrogen and oxygen atoms in total. The van der Waals surface area contributed by atoms with Crippen LogP contribution in [-0.2, 0) is 6.42 Å². The maximum Gasteiger partial charge on any atom is 0.168 e. The van der Waals surface area contributed by atoms with Gasteiger partial charge in [-0.05, 0) is 31.0 Å². The Morgan fingerprint density at radius 2 is 1.68 bits per heavy atom. The molecule has 0 saturated heterocycles. The van der Waals surface area contributed by atoms with Gasteiger partial charge in [0.05, 0.1) is 17.3 Å². The Labute approximate surface area is 146 Å². The second-order valence-electron chi connectivity index (χ2n) is 6.09. The molecular weight excluding hydrogens is 310 g/mol. The van der Waals surface area contributed by atoms with Crippen LogP contribution in [0.4, 0.5) is 5.82 Å². The van der Waals surface area contributed by atoms with Gasteiger partial charge in [-0.15, -0.1) is 0 Å². The highest BCUT2D eigenvalue weighted by Gasteiger charge is 2.13. The number of aromatic nitrogens is 4. The van der Waals surface area contributed by atoms with E-state index in [-0.39, 0.29) is 6.04 Å². The van der Waals surface area contributed by atoms with Crippen molar-refractivity contribution in [2.75, 3.05) is 5.32 Å². The molecule has 0 radical (unpaired) electrons. The highest BCUT2D eigenvalue weighted by Crippen LogP contribution is 2.22. The molecule has 0 saturated carbocycles. The third-order valence-corrected chi connectivity index (χ3v) is 4.13. The van der Waals surface area contributed by atoms with E-state index < -0.39 is 0 Å². The summed E-state index contributed by atoms with van der Waals surface area (Å²) >= 11 is 0. The Morgan fingerprint density at radius 3 is 2.44 bits per heavy atom. The zero-order chi connectivity index (χ0) is 17.1. The van der Waals surface area contributed by atoms with E-state index in [0.29, 0.717) is 0 Å². The molecule has 2 aromatic carbocycles. The summed E-state index contributed by atoms with van der Waals surface area (Å²) in [6.45, 7) is 2.16. The molecule has 5 heteroatoms. The fourth-order valence-corrected chi connectivity index (χ4v) is 2.97. The van der Waals surface area contributed by atoms with E-state index in [1.165, 1.54) is 5.56 Å². The molecule has 0 bridgehead atoms. The number of anilines is 1. The van der Waals surface area contributed by atoms with Gasteiger partial charge in [0.2, 0.25) is 0 Å². The summed E-state index contributed by atoms with van der Waals surface area (Å²) in [6, 6.07) is 20.7. The number of fused-ring (bicyclic) bond motifs is 1. The van der Waals surface area contributed by atoms with Gasteiger partial charge in [-0.25, -0.2) is 14.6 Å². The van der Waals surface area contributed by atoms with Gasteiger partial charge < -0.3 is 5.32 Å². The molecule has 2 aromatic heterocycles. The second kappa shape index (κ2) is 6.73. The summed E-state index contributed by atoms with van der Waals surface area (Å²) in [4.78, 5) is 8.84. The van der Waals surface area contributed by atoms with E-state index in [4.69, 9.17) is 0 Å². The van der Waals surface area contributed by atoms with Crippen molar-refractivity contribution in [3.63, 3.8) is 0 Å². The molecule has 0 fully saturated rings. The van der Waals surface area contributed by atoms with Crippen molar-refractivity contribution in [1.29, 1.82) is 0 Å². The van der Waals surface area contributed by atoms with Gasteiger partial charge in [0.1, 0.15) is 12.1 Å². The van der Waals surface area contributed by atoms with Gasteiger partial charge in [0.15, 0.2) is 5.65 Å².